The minimum atomic E-state index is -3.90. The van der Waals surface area contributed by atoms with Crippen LogP contribution in [0.25, 0.3) is 0 Å². The van der Waals surface area contributed by atoms with Crippen molar-refractivity contribution in [1.82, 2.24) is 10.2 Å². The van der Waals surface area contributed by atoms with Gasteiger partial charge in [-0.05, 0) is 63.6 Å². The smallest absolute Gasteiger partial charge is 0.244 e. The second-order valence-electron chi connectivity index (χ2n) is 9.04. The predicted molar refractivity (Wildman–Crippen MR) is 143 cm³/mol. The summed E-state index contributed by atoms with van der Waals surface area (Å²) in [6.07, 6.45) is 0.971. The number of carbonyl (C=O) groups is 2. The van der Waals surface area contributed by atoms with E-state index in [1.54, 1.807) is 19.1 Å². The van der Waals surface area contributed by atoms with Gasteiger partial charge in [-0.15, -0.1) is 0 Å². The van der Waals surface area contributed by atoms with Gasteiger partial charge in [-0.25, -0.2) is 8.42 Å². The van der Waals surface area contributed by atoms with Crippen LogP contribution in [0.15, 0.2) is 36.4 Å². The summed E-state index contributed by atoms with van der Waals surface area (Å²) in [5.41, 5.74) is 0.156. The number of halogens is 4. The zero-order valence-corrected chi connectivity index (χ0v) is 23.7. The Kier molecular flexibility index (Phi) is 9.75. The van der Waals surface area contributed by atoms with Gasteiger partial charge in [0.1, 0.15) is 12.6 Å². The van der Waals surface area contributed by atoms with Crippen molar-refractivity contribution >= 4 is 73.9 Å². The summed E-state index contributed by atoms with van der Waals surface area (Å²) in [5.74, 6) is -1.03. The highest BCUT2D eigenvalue weighted by molar-refractivity contribution is 7.92. The molecule has 0 bridgehead atoms. The highest BCUT2D eigenvalue weighted by atomic mass is 35.5. The van der Waals surface area contributed by atoms with E-state index in [1.807, 2.05) is 20.8 Å². The number of benzene rings is 2. The summed E-state index contributed by atoms with van der Waals surface area (Å²) in [7, 11) is -3.90. The molecule has 2 amide bonds. The second-order valence-corrected chi connectivity index (χ2v) is 12.6. The van der Waals surface area contributed by atoms with Crippen LogP contribution >= 0.6 is 46.4 Å². The van der Waals surface area contributed by atoms with Gasteiger partial charge in [-0.2, -0.15) is 0 Å². The molecule has 7 nitrogen and oxygen atoms in total. The van der Waals surface area contributed by atoms with Crippen molar-refractivity contribution in [1.29, 1.82) is 0 Å². The van der Waals surface area contributed by atoms with Crippen LogP contribution in [0.2, 0.25) is 20.1 Å². The van der Waals surface area contributed by atoms with E-state index >= 15 is 0 Å². The number of hydrogen-bond donors (Lipinski definition) is 1. The molecule has 2 aromatic rings. The average Bonchev–Trinajstić information content (AvgIpc) is 2.71. The quantitative estimate of drug-likeness (QED) is 0.451. The largest absolute Gasteiger partial charge is 0.350 e. The van der Waals surface area contributed by atoms with Crippen LogP contribution in [0.4, 0.5) is 5.69 Å². The molecule has 2 aromatic carbocycles. The molecule has 0 fully saturated rings. The Hall–Kier alpha value is -1.71. The maximum Gasteiger partial charge on any atom is 0.244 e. The van der Waals surface area contributed by atoms with Gasteiger partial charge >= 0.3 is 0 Å². The lowest BCUT2D eigenvalue weighted by molar-refractivity contribution is -0.140. The fourth-order valence-corrected chi connectivity index (χ4v) is 4.75. The number of nitrogens with zero attached hydrogens (tertiary/aromatic N) is 2. The second kappa shape index (κ2) is 11.6. The normalized spacial score (nSPS) is 12.7. The van der Waals surface area contributed by atoms with Crippen molar-refractivity contribution in [2.45, 2.75) is 45.8 Å². The monoisotopic (exact) mass is 581 g/mol. The predicted octanol–water partition coefficient (Wildman–Crippen LogP) is 5.40. The molecule has 12 heteroatoms. The number of amides is 2. The average molecular weight is 583 g/mol. The van der Waals surface area contributed by atoms with Crippen LogP contribution in [0, 0.1) is 0 Å². The number of rotatable bonds is 8. The first kappa shape index (κ1) is 29.5. The molecule has 0 radical (unpaired) electrons. The summed E-state index contributed by atoms with van der Waals surface area (Å²) in [6, 6.07) is 8.08. The van der Waals surface area contributed by atoms with E-state index in [0.717, 1.165) is 10.6 Å². The van der Waals surface area contributed by atoms with E-state index in [-0.39, 0.29) is 22.3 Å². The van der Waals surface area contributed by atoms with Crippen LogP contribution < -0.4 is 9.62 Å². The standard InChI is InChI=1S/C23H27Cl4N3O4S/c1-14(22(32)28-23(2,3)4)29(12-15-6-7-16(24)10-19(15)26)21(31)13-30(35(5,33)34)17-8-9-18(25)20(27)11-17/h6-11,14H,12-13H2,1-5H3,(H,28,32). The molecule has 1 N–H and O–H groups in total. The Labute approximate surface area is 226 Å². The maximum absolute atomic E-state index is 13.5. The molecular formula is C23H27Cl4N3O4S. The molecular weight excluding hydrogens is 556 g/mol. The first-order chi connectivity index (χ1) is 16.0. The molecule has 0 heterocycles. The summed E-state index contributed by atoms with van der Waals surface area (Å²) >= 11 is 24.3. The van der Waals surface area contributed by atoms with Crippen LogP contribution in [-0.4, -0.2) is 49.5 Å². The Morgan fingerprint density at radius 1 is 0.971 bits per heavy atom. The van der Waals surface area contributed by atoms with Gasteiger partial charge in [0.2, 0.25) is 21.8 Å². The van der Waals surface area contributed by atoms with Gasteiger partial charge in [-0.3, -0.25) is 13.9 Å². The molecule has 0 aromatic heterocycles. The minimum Gasteiger partial charge on any atom is -0.350 e. The van der Waals surface area contributed by atoms with Crippen molar-refractivity contribution in [3.63, 3.8) is 0 Å². The molecule has 2 rings (SSSR count). The van der Waals surface area contributed by atoms with Gasteiger partial charge in [0, 0.05) is 22.1 Å². The van der Waals surface area contributed by atoms with E-state index < -0.39 is 40.0 Å². The fourth-order valence-electron chi connectivity index (χ4n) is 3.14. The van der Waals surface area contributed by atoms with Crippen molar-refractivity contribution in [2.75, 3.05) is 17.1 Å². The summed E-state index contributed by atoms with van der Waals surface area (Å²) in [5, 5.41) is 3.94. The summed E-state index contributed by atoms with van der Waals surface area (Å²) in [4.78, 5) is 27.7. The number of hydrogen-bond acceptors (Lipinski definition) is 4. The van der Waals surface area contributed by atoms with Crippen molar-refractivity contribution in [3.8, 4) is 0 Å². The lowest BCUT2D eigenvalue weighted by Crippen LogP contribution is -2.54. The third-order valence-corrected chi connectivity index (χ3v) is 7.36. The van der Waals surface area contributed by atoms with Crippen LogP contribution in [0.5, 0.6) is 0 Å². The first-order valence-corrected chi connectivity index (χ1v) is 13.8. The lowest BCUT2D eigenvalue weighted by Gasteiger charge is -2.33. The van der Waals surface area contributed by atoms with Crippen LogP contribution in [0.3, 0.4) is 0 Å². The number of anilines is 1. The zero-order valence-electron chi connectivity index (χ0n) is 19.9. The van der Waals surface area contributed by atoms with Crippen molar-refractivity contribution in [3.05, 3.63) is 62.1 Å². The highest BCUT2D eigenvalue weighted by Crippen LogP contribution is 2.29. The molecule has 192 valence electrons. The molecule has 0 spiro atoms. The Balaban J connectivity index is 2.46. The van der Waals surface area contributed by atoms with Gasteiger partial charge in [0.15, 0.2) is 0 Å². The van der Waals surface area contributed by atoms with E-state index in [1.165, 1.54) is 29.2 Å². The van der Waals surface area contributed by atoms with Crippen LogP contribution in [-0.2, 0) is 26.2 Å². The zero-order chi connectivity index (χ0) is 26.7. The van der Waals surface area contributed by atoms with Gasteiger partial charge in [0.25, 0.3) is 0 Å². The van der Waals surface area contributed by atoms with E-state index in [4.69, 9.17) is 46.4 Å². The number of sulfonamides is 1. The van der Waals surface area contributed by atoms with E-state index in [0.29, 0.717) is 15.6 Å². The van der Waals surface area contributed by atoms with E-state index in [2.05, 4.69) is 5.32 Å². The first-order valence-electron chi connectivity index (χ1n) is 10.5. The van der Waals surface area contributed by atoms with Gasteiger partial charge in [-0.1, -0.05) is 52.5 Å². The molecule has 0 saturated carbocycles. The Morgan fingerprint density at radius 3 is 2.11 bits per heavy atom. The molecule has 0 saturated heterocycles. The highest BCUT2D eigenvalue weighted by Gasteiger charge is 2.32. The Bertz CT molecular complexity index is 1220. The topological polar surface area (TPSA) is 86.8 Å². The number of nitrogens with one attached hydrogen (secondary N) is 1. The molecule has 35 heavy (non-hydrogen) atoms. The third-order valence-electron chi connectivity index (χ3n) is 4.89. The van der Waals surface area contributed by atoms with Crippen LogP contribution in [0.1, 0.15) is 33.3 Å². The Morgan fingerprint density at radius 2 is 1.60 bits per heavy atom. The van der Waals surface area contributed by atoms with Crippen molar-refractivity contribution < 1.29 is 18.0 Å². The molecule has 1 unspecified atom stereocenters. The minimum absolute atomic E-state index is 0.0491. The van der Waals surface area contributed by atoms with Gasteiger partial charge in [0.05, 0.1) is 22.0 Å². The molecule has 0 aliphatic rings. The maximum atomic E-state index is 13.5. The third kappa shape index (κ3) is 8.43. The fraction of sp³-hybridized carbons (Fsp3) is 0.391. The lowest BCUT2D eigenvalue weighted by atomic mass is 10.1. The molecule has 0 aliphatic carbocycles. The molecule has 1 atom stereocenters. The van der Waals surface area contributed by atoms with Gasteiger partial charge < -0.3 is 10.2 Å². The summed E-state index contributed by atoms with van der Waals surface area (Å²) in [6.45, 7) is 6.38. The summed E-state index contributed by atoms with van der Waals surface area (Å²) < 4.78 is 26.1. The van der Waals surface area contributed by atoms with Crippen molar-refractivity contribution in [2.24, 2.45) is 0 Å². The van der Waals surface area contributed by atoms with E-state index in [9.17, 15) is 18.0 Å². The molecule has 0 aliphatic heterocycles. The number of carbonyl (C=O) groups excluding carboxylic acids is 2. The SMILES string of the molecule is CC(C(=O)NC(C)(C)C)N(Cc1ccc(Cl)cc1Cl)C(=O)CN(c1ccc(Cl)c(Cl)c1)S(C)(=O)=O.